The summed E-state index contributed by atoms with van der Waals surface area (Å²) < 4.78 is 10.8. The van der Waals surface area contributed by atoms with Crippen LogP contribution < -0.4 is 4.74 Å². The number of carbonyl (C=O) groups excluding carboxylic acids is 2. The lowest BCUT2D eigenvalue weighted by Gasteiger charge is -2.27. The van der Waals surface area contributed by atoms with E-state index in [1.165, 1.54) is 16.2 Å². The number of Topliss-reactive ketones (excluding diaryl/α,β-unsaturated/α-hetero) is 1. The SMILES string of the molecule is COCCCN1C(=O)C(O)=C(C(=O)c2sc(C)nc2C)C1c1ccc(OC(C)C)cc1. The zero-order valence-electron chi connectivity index (χ0n) is 18.5. The van der Waals surface area contributed by atoms with Crippen LogP contribution in [0.25, 0.3) is 0 Å². The van der Waals surface area contributed by atoms with E-state index in [9.17, 15) is 14.7 Å². The van der Waals surface area contributed by atoms with E-state index in [0.717, 1.165) is 10.6 Å². The lowest BCUT2D eigenvalue weighted by molar-refractivity contribution is -0.129. The first-order chi connectivity index (χ1) is 14.7. The molecule has 1 aliphatic rings. The maximum absolute atomic E-state index is 13.4. The van der Waals surface area contributed by atoms with Gasteiger partial charge in [0, 0.05) is 20.3 Å². The molecule has 0 saturated heterocycles. The van der Waals surface area contributed by atoms with Crippen LogP contribution in [0.5, 0.6) is 5.75 Å². The molecule has 1 amide bonds. The first kappa shape index (κ1) is 23.0. The van der Waals surface area contributed by atoms with Gasteiger partial charge >= 0.3 is 0 Å². The van der Waals surface area contributed by atoms with Crippen LogP contribution in [0, 0.1) is 13.8 Å². The zero-order valence-corrected chi connectivity index (χ0v) is 19.3. The summed E-state index contributed by atoms with van der Waals surface area (Å²) in [6.07, 6.45) is 0.615. The van der Waals surface area contributed by atoms with Crippen molar-refractivity contribution < 1.29 is 24.2 Å². The molecule has 8 heteroatoms. The predicted octanol–water partition coefficient (Wildman–Crippen LogP) is 4.16. The Balaban J connectivity index is 2.02. The van der Waals surface area contributed by atoms with Gasteiger partial charge in [0.1, 0.15) is 5.75 Å². The highest BCUT2D eigenvalue weighted by molar-refractivity contribution is 7.14. The first-order valence-electron chi connectivity index (χ1n) is 10.2. The summed E-state index contributed by atoms with van der Waals surface area (Å²) in [5.74, 6) is -0.717. The molecular weight excluding hydrogens is 416 g/mol. The summed E-state index contributed by atoms with van der Waals surface area (Å²) in [6.45, 7) is 8.28. The van der Waals surface area contributed by atoms with E-state index < -0.39 is 17.7 Å². The Hall–Kier alpha value is -2.71. The molecule has 2 aromatic rings. The first-order valence-corrected chi connectivity index (χ1v) is 11.0. The fourth-order valence-electron chi connectivity index (χ4n) is 3.71. The number of hydrogen-bond acceptors (Lipinski definition) is 7. The molecule has 0 spiro atoms. The van der Waals surface area contributed by atoms with Crippen LogP contribution in [-0.4, -0.2) is 53.0 Å². The van der Waals surface area contributed by atoms with Crippen LogP contribution in [0.4, 0.5) is 0 Å². The smallest absolute Gasteiger partial charge is 0.290 e. The van der Waals surface area contributed by atoms with Crippen molar-refractivity contribution in [2.24, 2.45) is 0 Å². The van der Waals surface area contributed by atoms with Crippen LogP contribution in [0.15, 0.2) is 35.6 Å². The van der Waals surface area contributed by atoms with Crippen molar-refractivity contribution in [3.63, 3.8) is 0 Å². The fraction of sp³-hybridized carbons (Fsp3) is 0.435. The van der Waals surface area contributed by atoms with E-state index in [0.29, 0.717) is 35.9 Å². The molecule has 1 unspecified atom stereocenters. The van der Waals surface area contributed by atoms with Crippen LogP contribution in [0.3, 0.4) is 0 Å². The number of benzene rings is 1. The Kier molecular flexibility index (Phi) is 7.12. The normalized spacial score (nSPS) is 16.5. The summed E-state index contributed by atoms with van der Waals surface area (Å²) in [4.78, 5) is 32.7. The maximum atomic E-state index is 13.4. The van der Waals surface area contributed by atoms with E-state index in [-0.39, 0.29) is 17.5 Å². The van der Waals surface area contributed by atoms with E-state index in [1.54, 1.807) is 14.0 Å². The van der Waals surface area contributed by atoms with Gasteiger partial charge in [-0.3, -0.25) is 9.59 Å². The molecule has 3 rings (SSSR count). The standard InChI is InChI=1S/C23H28N2O5S/c1-13(2)30-17-9-7-16(8-10-17)19-18(20(26)22-14(3)24-15(4)31-22)21(27)23(28)25(19)11-6-12-29-5/h7-10,13,19,27H,6,11-12H2,1-5H3. The number of aliphatic hydroxyl groups excluding tert-OH is 1. The van der Waals surface area contributed by atoms with Crippen LogP contribution in [0.1, 0.15) is 52.2 Å². The number of carbonyl (C=O) groups is 2. The highest BCUT2D eigenvalue weighted by atomic mass is 32.1. The quantitative estimate of drug-likeness (QED) is 0.461. The van der Waals surface area contributed by atoms with E-state index in [1.807, 2.05) is 45.0 Å². The molecule has 31 heavy (non-hydrogen) atoms. The van der Waals surface area contributed by atoms with Gasteiger partial charge in [-0.1, -0.05) is 12.1 Å². The van der Waals surface area contributed by atoms with Crippen LogP contribution in [-0.2, 0) is 9.53 Å². The van der Waals surface area contributed by atoms with Crippen molar-refractivity contribution in [1.82, 2.24) is 9.88 Å². The molecule has 1 aromatic carbocycles. The average Bonchev–Trinajstić information content (AvgIpc) is 3.18. The van der Waals surface area contributed by atoms with Crippen molar-refractivity contribution in [3.05, 3.63) is 56.7 Å². The number of aliphatic hydroxyl groups is 1. The van der Waals surface area contributed by atoms with Gasteiger partial charge in [-0.25, -0.2) is 4.98 Å². The van der Waals surface area contributed by atoms with E-state index in [4.69, 9.17) is 9.47 Å². The van der Waals surface area contributed by atoms with Crippen LogP contribution >= 0.6 is 11.3 Å². The Bertz CT molecular complexity index is 994. The Morgan fingerprint density at radius 1 is 1.26 bits per heavy atom. The minimum atomic E-state index is -0.688. The second-order valence-electron chi connectivity index (χ2n) is 7.72. The molecule has 0 bridgehead atoms. The molecule has 0 aliphatic carbocycles. The van der Waals surface area contributed by atoms with Gasteiger partial charge in [-0.05, 0) is 51.8 Å². The average molecular weight is 445 g/mol. The molecule has 0 radical (unpaired) electrons. The van der Waals surface area contributed by atoms with Crippen molar-refractivity contribution in [2.75, 3.05) is 20.3 Å². The number of nitrogens with zero attached hydrogens (tertiary/aromatic N) is 2. The van der Waals surface area contributed by atoms with Gasteiger partial charge in [0.2, 0.25) is 5.78 Å². The highest BCUT2D eigenvalue weighted by Crippen LogP contribution is 2.40. The maximum Gasteiger partial charge on any atom is 0.290 e. The second kappa shape index (κ2) is 9.62. The molecule has 0 fully saturated rings. The minimum absolute atomic E-state index is 0.0306. The molecule has 0 saturated carbocycles. The zero-order chi connectivity index (χ0) is 22.7. The Labute approximate surface area is 186 Å². The second-order valence-corrected chi connectivity index (χ2v) is 8.93. The highest BCUT2D eigenvalue weighted by Gasteiger charge is 2.44. The number of hydrogen-bond donors (Lipinski definition) is 1. The van der Waals surface area contributed by atoms with Crippen molar-refractivity contribution in [2.45, 2.75) is 46.3 Å². The molecule has 1 atom stereocenters. The van der Waals surface area contributed by atoms with Gasteiger partial charge in [-0.2, -0.15) is 0 Å². The largest absolute Gasteiger partial charge is 0.503 e. The van der Waals surface area contributed by atoms with E-state index >= 15 is 0 Å². The van der Waals surface area contributed by atoms with E-state index in [2.05, 4.69) is 4.98 Å². The summed E-state index contributed by atoms with van der Waals surface area (Å²) >= 11 is 1.27. The topological polar surface area (TPSA) is 89.0 Å². The van der Waals surface area contributed by atoms with Gasteiger partial charge < -0.3 is 19.5 Å². The van der Waals surface area contributed by atoms with Crippen molar-refractivity contribution >= 4 is 23.0 Å². The predicted molar refractivity (Wildman–Crippen MR) is 119 cm³/mol. The number of aromatic nitrogens is 1. The molecule has 2 heterocycles. The summed E-state index contributed by atoms with van der Waals surface area (Å²) in [7, 11) is 1.59. The third-order valence-corrected chi connectivity index (χ3v) is 6.04. The molecule has 166 valence electrons. The number of ketones is 1. The van der Waals surface area contributed by atoms with Gasteiger partial charge in [0.05, 0.1) is 33.3 Å². The third-order valence-electron chi connectivity index (χ3n) is 4.97. The molecule has 1 aromatic heterocycles. The van der Waals surface area contributed by atoms with Crippen LogP contribution in [0.2, 0.25) is 0 Å². The summed E-state index contributed by atoms with van der Waals surface area (Å²) in [5.41, 5.74) is 1.41. The van der Waals surface area contributed by atoms with Crippen molar-refractivity contribution in [1.29, 1.82) is 0 Å². The number of aryl methyl sites for hydroxylation is 2. The Morgan fingerprint density at radius 3 is 2.48 bits per heavy atom. The number of amides is 1. The van der Waals surface area contributed by atoms with Gasteiger partial charge in [0.15, 0.2) is 5.76 Å². The molecular formula is C23H28N2O5S. The molecule has 7 nitrogen and oxygen atoms in total. The lowest BCUT2D eigenvalue weighted by atomic mass is 9.95. The minimum Gasteiger partial charge on any atom is -0.503 e. The summed E-state index contributed by atoms with van der Waals surface area (Å²) in [5, 5.41) is 11.5. The van der Waals surface area contributed by atoms with Gasteiger partial charge in [0.25, 0.3) is 5.91 Å². The molecule has 1 N–H and O–H groups in total. The monoisotopic (exact) mass is 444 g/mol. The summed E-state index contributed by atoms with van der Waals surface area (Å²) in [6, 6.07) is 6.59. The number of thiazole rings is 1. The lowest BCUT2D eigenvalue weighted by Crippen LogP contribution is -2.32. The number of rotatable bonds is 9. The van der Waals surface area contributed by atoms with Crippen molar-refractivity contribution in [3.8, 4) is 5.75 Å². The third kappa shape index (κ3) is 4.80. The fourth-order valence-corrected chi connectivity index (χ4v) is 4.58. The number of ether oxygens (including phenoxy) is 2. The Morgan fingerprint density at radius 2 is 1.94 bits per heavy atom. The van der Waals surface area contributed by atoms with Gasteiger partial charge in [-0.15, -0.1) is 11.3 Å². The number of methoxy groups -OCH3 is 1. The molecule has 1 aliphatic heterocycles.